The van der Waals surface area contributed by atoms with Gasteiger partial charge in [-0.2, -0.15) is 10.2 Å². The Balaban J connectivity index is 1.86. The average molecular weight is 364 g/mol. The molecule has 4 aromatic rings. The number of ether oxygens (including phenoxy) is 2. The monoisotopic (exact) mass is 364 g/mol. The smallest absolute Gasteiger partial charge is 0.214 e. The van der Waals surface area contributed by atoms with Gasteiger partial charge in [0.05, 0.1) is 31.8 Å². The summed E-state index contributed by atoms with van der Waals surface area (Å²) in [6.45, 7) is 3.94. The molecule has 27 heavy (non-hydrogen) atoms. The second-order valence-electron chi connectivity index (χ2n) is 6.44. The van der Waals surface area contributed by atoms with Crippen LogP contribution in [0, 0.1) is 0 Å². The molecule has 0 radical (unpaired) electrons. The zero-order valence-corrected chi connectivity index (χ0v) is 15.6. The molecule has 4 rings (SSSR count). The van der Waals surface area contributed by atoms with Crippen LogP contribution in [0.5, 0.6) is 11.6 Å². The molecule has 0 aliphatic rings. The molecule has 0 unspecified atom stereocenters. The Hall–Kier alpha value is -3.42. The molecule has 0 amide bonds. The molecule has 0 bridgehead atoms. The fourth-order valence-electron chi connectivity index (χ4n) is 2.88. The Morgan fingerprint density at radius 3 is 2.63 bits per heavy atom. The minimum atomic E-state index is 0.0521. The van der Waals surface area contributed by atoms with Gasteiger partial charge in [0, 0.05) is 36.6 Å². The topological polar surface area (TPSA) is 79.4 Å². The van der Waals surface area contributed by atoms with Crippen LogP contribution in [0.3, 0.4) is 0 Å². The van der Waals surface area contributed by atoms with Crippen molar-refractivity contribution in [3.63, 3.8) is 0 Å². The van der Waals surface area contributed by atoms with Crippen LogP contribution in [0.4, 0.5) is 0 Å². The van der Waals surface area contributed by atoms with Gasteiger partial charge in [-0.3, -0.25) is 4.68 Å². The van der Waals surface area contributed by atoms with Crippen LogP contribution in [-0.2, 0) is 7.05 Å². The van der Waals surface area contributed by atoms with Gasteiger partial charge in [-0.25, -0.2) is 14.5 Å². The van der Waals surface area contributed by atoms with Gasteiger partial charge in [0.2, 0.25) is 5.88 Å². The van der Waals surface area contributed by atoms with E-state index in [1.165, 1.54) is 0 Å². The van der Waals surface area contributed by atoms with Crippen LogP contribution >= 0.6 is 0 Å². The maximum atomic E-state index is 5.71. The molecule has 0 spiro atoms. The molecule has 8 heteroatoms. The van der Waals surface area contributed by atoms with Crippen molar-refractivity contribution < 1.29 is 9.47 Å². The van der Waals surface area contributed by atoms with Gasteiger partial charge in [0.1, 0.15) is 5.69 Å². The predicted octanol–water partition coefficient (Wildman–Crippen LogP) is 2.99. The number of aromatic nitrogens is 6. The van der Waals surface area contributed by atoms with Crippen LogP contribution in [0.2, 0.25) is 0 Å². The highest BCUT2D eigenvalue weighted by Gasteiger charge is 2.16. The Morgan fingerprint density at radius 2 is 1.93 bits per heavy atom. The van der Waals surface area contributed by atoms with E-state index in [2.05, 4.69) is 15.2 Å². The second-order valence-corrected chi connectivity index (χ2v) is 6.44. The van der Waals surface area contributed by atoms with Crippen LogP contribution in [0.15, 0.2) is 43.1 Å². The summed E-state index contributed by atoms with van der Waals surface area (Å²) in [6, 6.07) is 3.81. The summed E-state index contributed by atoms with van der Waals surface area (Å²) in [4.78, 5) is 9.08. The summed E-state index contributed by atoms with van der Waals surface area (Å²) in [6.07, 6.45) is 9.04. The highest BCUT2D eigenvalue weighted by atomic mass is 16.5. The first-order valence-electron chi connectivity index (χ1n) is 8.59. The number of hydrogen-bond donors (Lipinski definition) is 0. The normalized spacial score (nSPS) is 11.3. The van der Waals surface area contributed by atoms with Gasteiger partial charge in [0.15, 0.2) is 11.4 Å². The van der Waals surface area contributed by atoms with Crippen molar-refractivity contribution in [1.82, 2.24) is 29.4 Å². The highest BCUT2D eigenvalue weighted by molar-refractivity contribution is 5.80. The molecule has 0 aliphatic heterocycles. The SMILES string of the molecule is COc1cn2ncc(-c3ccnc(OC(C)C)c3)c2nc1-c1cnn(C)c1. The van der Waals surface area contributed by atoms with E-state index in [4.69, 9.17) is 14.5 Å². The van der Waals surface area contributed by atoms with Crippen molar-refractivity contribution in [3.8, 4) is 34.0 Å². The molecule has 138 valence electrons. The van der Waals surface area contributed by atoms with Crippen molar-refractivity contribution in [3.05, 3.63) is 43.1 Å². The largest absolute Gasteiger partial charge is 0.493 e. The van der Waals surface area contributed by atoms with E-state index >= 15 is 0 Å². The third-order valence-electron chi connectivity index (χ3n) is 4.06. The lowest BCUT2D eigenvalue weighted by Gasteiger charge is -2.10. The molecule has 0 aromatic carbocycles. The Kier molecular flexibility index (Phi) is 4.23. The Bertz CT molecular complexity index is 1100. The van der Waals surface area contributed by atoms with E-state index < -0.39 is 0 Å². The summed E-state index contributed by atoms with van der Waals surface area (Å²) in [5.74, 6) is 1.20. The zero-order valence-electron chi connectivity index (χ0n) is 15.6. The highest BCUT2D eigenvalue weighted by Crippen LogP contribution is 2.32. The maximum absolute atomic E-state index is 5.71. The molecule has 0 aliphatic carbocycles. The minimum absolute atomic E-state index is 0.0521. The maximum Gasteiger partial charge on any atom is 0.214 e. The van der Waals surface area contributed by atoms with Gasteiger partial charge in [-0.15, -0.1) is 0 Å². The van der Waals surface area contributed by atoms with Crippen molar-refractivity contribution in [2.75, 3.05) is 7.11 Å². The molecule has 0 N–H and O–H groups in total. The van der Waals surface area contributed by atoms with Crippen molar-refractivity contribution in [1.29, 1.82) is 0 Å². The van der Waals surface area contributed by atoms with Gasteiger partial charge in [0.25, 0.3) is 0 Å². The first kappa shape index (κ1) is 17.0. The molecule has 8 nitrogen and oxygen atoms in total. The lowest BCUT2D eigenvalue weighted by atomic mass is 10.1. The molecule has 4 heterocycles. The summed E-state index contributed by atoms with van der Waals surface area (Å²) in [5, 5.41) is 8.66. The lowest BCUT2D eigenvalue weighted by Crippen LogP contribution is -2.06. The summed E-state index contributed by atoms with van der Waals surface area (Å²) in [7, 11) is 3.48. The lowest BCUT2D eigenvalue weighted by molar-refractivity contribution is 0.233. The van der Waals surface area contributed by atoms with E-state index in [-0.39, 0.29) is 6.10 Å². The molecule has 0 saturated heterocycles. The quantitative estimate of drug-likeness (QED) is 0.542. The van der Waals surface area contributed by atoms with Gasteiger partial charge in [-0.05, 0) is 25.5 Å². The first-order chi connectivity index (χ1) is 13.0. The van der Waals surface area contributed by atoms with E-state index in [0.717, 1.165) is 22.3 Å². The number of aryl methyl sites for hydroxylation is 1. The number of hydrogen-bond acceptors (Lipinski definition) is 6. The van der Waals surface area contributed by atoms with E-state index in [1.54, 1.807) is 34.9 Å². The van der Waals surface area contributed by atoms with Crippen LogP contribution in [-0.4, -0.2) is 42.6 Å². The van der Waals surface area contributed by atoms with Crippen molar-refractivity contribution in [2.45, 2.75) is 20.0 Å². The average Bonchev–Trinajstić information content (AvgIpc) is 3.26. The molecule has 0 saturated carbocycles. The third-order valence-corrected chi connectivity index (χ3v) is 4.06. The number of methoxy groups -OCH3 is 1. The van der Waals surface area contributed by atoms with E-state index in [9.17, 15) is 0 Å². The van der Waals surface area contributed by atoms with Gasteiger partial charge < -0.3 is 9.47 Å². The van der Waals surface area contributed by atoms with Crippen LogP contribution in [0.1, 0.15) is 13.8 Å². The standard InChI is InChI=1S/C19H20N6O2/c1-12(2)27-17-7-13(5-6-20-17)15-9-22-25-11-16(26-4)18(23-19(15)25)14-8-21-24(3)10-14/h5-12H,1-4H3. The van der Waals surface area contributed by atoms with Crippen molar-refractivity contribution in [2.24, 2.45) is 7.05 Å². The van der Waals surface area contributed by atoms with E-state index in [1.807, 2.05) is 45.4 Å². The fraction of sp³-hybridized carbons (Fsp3) is 0.263. The van der Waals surface area contributed by atoms with Crippen molar-refractivity contribution >= 4 is 5.65 Å². The van der Waals surface area contributed by atoms with E-state index in [0.29, 0.717) is 17.3 Å². The van der Waals surface area contributed by atoms with Gasteiger partial charge in [-0.1, -0.05) is 0 Å². The minimum Gasteiger partial charge on any atom is -0.493 e. The van der Waals surface area contributed by atoms with Gasteiger partial charge >= 0.3 is 0 Å². The molecule has 0 atom stereocenters. The third kappa shape index (κ3) is 3.21. The van der Waals surface area contributed by atoms with Crippen LogP contribution < -0.4 is 9.47 Å². The molecule has 0 fully saturated rings. The first-order valence-corrected chi connectivity index (χ1v) is 8.59. The number of fused-ring (bicyclic) bond motifs is 1. The zero-order chi connectivity index (χ0) is 19.0. The summed E-state index contributed by atoms with van der Waals surface area (Å²) >= 11 is 0. The summed E-state index contributed by atoms with van der Waals surface area (Å²) < 4.78 is 14.7. The predicted molar refractivity (Wildman–Crippen MR) is 101 cm³/mol. The molecule has 4 aromatic heterocycles. The Morgan fingerprint density at radius 1 is 1.07 bits per heavy atom. The Labute approximate surface area is 156 Å². The fourth-order valence-corrected chi connectivity index (χ4v) is 2.88. The second kappa shape index (κ2) is 6.71. The number of rotatable bonds is 5. The molecular formula is C19H20N6O2. The molecular weight excluding hydrogens is 344 g/mol. The number of pyridine rings is 1. The number of nitrogens with zero attached hydrogens (tertiary/aromatic N) is 6. The summed E-state index contributed by atoms with van der Waals surface area (Å²) in [5.41, 5.74) is 4.13. The van der Waals surface area contributed by atoms with Crippen LogP contribution in [0.25, 0.3) is 28.0 Å².